The molecule has 5 heterocycles. The van der Waals surface area contributed by atoms with Crippen molar-refractivity contribution in [3.8, 4) is 28.7 Å². The number of nitrogens with zero attached hydrogens (tertiary/aromatic N) is 4. The van der Waals surface area contributed by atoms with E-state index in [9.17, 15) is 24.3 Å². The first-order valence-corrected chi connectivity index (χ1v) is 23.2. The maximum absolute atomic E-state index is 15.4. The number of ether oxygens (including phenoxy) is 2. The number of fused-ring (bicyclic) bond motifs is 4. The van der Waals surface area contributed by atoms with E-state index in [1.165, 1.54) is 18.2 Å². The minimum atomic E-state index is -1.40. The predicted molar refractivity (Wildman–Crippen MR) is 247 cm³/mol. The van der Waals surface area contributed by atoms with Gasteiger partial charge >= 0.3 is 0 Å². The number of benzene rings is 3. The van der Waals surface area contributed by atoms with Gasteiger partial charge in [0.2, 0.25) is 5.91 Å². The van der Waals surface area contributed by atoms with Crippen LogP contribution in [0.4, 0.5) is 20.2 Å². The molecule has 67 heavy (non-hydrogen) atoms. The number of hydrogen-bond donors (Lipinski definition) is 5. The SMILES string of the molecule is CC(O)(C#CCOc1cccc2c1C(=O)N(C13CCC(C1)C(=O)NC3=O)C2=O)CCCN1CCC(N=CC(=CN)C2CNc3cccc(-c4cc(F)c(CN5CCOCC5)c(F)c4)c3N2)CC1. The van der Waals surface area contributed by atoms with Crippen molar-refractivity contribution in [3.63, 3.8) is 0 Å². The molecule has 2 bridgehead atoms. The number of rotatable bonds is 13. The highest BCUT2D eigenvalue weighted by Crippen LogP contribution is 2.47. The van der Waals surface area contributed by atoms with Crippen molar-refractivity contribution in [2.45, 2.75) is 81.6 Å². The standard InChI is InChI=1S/C50H56F2N8O7/c1-49(65,14-5-21-67-42-9-3-7-36-43(42)47(63)60(46(36)62)50-15-10-31(26-50)45(61)57-48(50)64)13-4-16-58-17-11-34(12-18-58)54-28-33(27-53)41-29-55-40-8-2-6-35(44(40)56-41)32-24-38(51)37(39(52)25-32)30-59-19-22-66-23-20-59/h2-3,6-9,24-25,27-28,31,34,41,55-56,65H,4,10-13,15-23,26,29-30,53H2,1H3,(H,57,61,64). The predicted octanol–water partition coefficient (Wildman–Crippen LogP) is 4.45. The fourth-order valence-electron chi connectivity index (χ4n) is 10.3. The molecule has 3 saturated heterocycles. The molecule has 3 aromatic carbocycles. The van der Waals surface area contributed by atoms with Crippen LogP contribution in [0.1, 0.15) is 78.1 Å². The number of piperidine rings is 2. The Kier molecular flexibility index (Phi) is 13.2. The van der Waals surface area contributed by atoms with Crippen LogP contribution in [-0.4, -0.2) is 132 Å². The second-order valence-electron chi connectivity index (χ2n) is 18.5. The summed E-state index contributed by atoms with van der Waals surface area (Å²) in [6.07, 6.45) is 6.96. The number of aliphatic imine (C=N–C) groups is 1. The number of likely N-dealkylation sites (tertiary alicyclic amines) is 1. The van der Waals surface area contributed by atoms with Gasteiger partial charge in [0.05, 0.1) is 47.8 Å². The Morgan fingerprint density at radius 1 is 1.01 bits per heavy atom. The van der Waals surface area contributed by atoms with Crippen molar-refractivity contribution in [3.05, 3.63) is 88.6 Å². The average Bonchev–Trinajstić information content (AvgIpc) is 3.85. The zero-order valence-electron chi connectivity index (χ0n) is 37.5. The number of nitrogens with one attached hydrogen (secondary N) is 3. The van der Waals surface area contributed by atoms with Crippen LogP contribution in [0, 0.1) is 29.4 Å². The number of aliphatic hydroxyl groups is 1. The summed E-state index contributed by atoms with van der Waals surface area (Å²) in [5, 5.41) is 20.4. The molecule has 1 aliphatic carbocycles. The van der Waals surface area contributed by atoms with E-state index in [2.05, 4.69) is 32.7 Å². The minimum absolute atomic E-state index is 0.0541. The number of nitrogens with two attached hydrogens (primary N) is 1. The molecule has 0 spiro atoms. The van der Waals surface area contributed by atoms with Gasteiger partial charge in [0, 0.05) is 74.3 Å². The molecular formula is C50H56F2N8O7. The van der Waals surface area contributed by atoms with Crippen LogP contribution in [0.2, 0.25) is 0 Å². The van der Waals surface area contributed by atoms with Crippen molar-refractivity contribution >= 4 is 41.2 Å². The number of para-hydroxylation sites is 1. The summed E-state index contributed by atoms with van der Waals surface area (Å²) in [7, 11) is 0. The molecule has 4 fully saturated rings. The van der Waals surface area contributed by atoms with E-state index < -0.39 is 46.4 Å². The zero-order chi connectivity index (χ0) is 46.9. The number of halogens is 2. The molecule has 17 heteroatoms. The number of hydrogen-bond acceptors (Lipinski definition) is 13. The minimum Gasteiger partial charge on any atom is -0.480 e. The van der Waals surface area contributed by atoms with Gasteiger partial charge in [-0.05, 0) is 94.3 Å². The molecule has 352 valence electrons. The highest BCUT2D eigenvalue weighted by molar-refractivity contribution is 6.25. The Morgan fingerprint density at radius 3 is 2.52 bits per heavy atom. The average molecular weight is 919 g/mol. The lowest BCUT2D eigenvalue weighted by atomic mass is 9.89. The van der Waals surface area contributed by atoms with Crippen molar-refractivity contribution in [2.24, 2.45) is 16.6 Å². The largest absolute Gasteiger partial charge is 0.480 e. The van der Waals surface area contributed by atoms with Crippen LogP contribution in [0.3, 0.4) is 0 Å². The first kappa shape index (κ1) is 45.9. The van der Waals surface area contributed by atoms with E-state index in [4.69, 9.17) is 20.2 Å². The summed E-state index contributed by atoms with van der Waals surface area (Å²) in [4.78, 5) is 62.7. The number of morpholine rings is 1. The second-order valence-corrected chi connectivity index (χ2v) is 18.5. The van der Waals surface area contributed by atoms with Crippen LogP contribution >= 0.6 is 0 Å². The van der Waals surface area contributed by atoms with Crippen molar-refractivity contribution < 1.29 is 42.5 Å². The molecule has 6 N–H and O–H groups in total. The van der Waals surface area contributed by atoms with Gasteiger partial charge in [0.15, 0.2) is 0 Å². The maximum Gasteiger partial charge on any atom is 0.266 e. The first-order valence-electron chi connectivity index (χ1n) is 23.2. The quantitative estimate of drug-likeness (QED) is 0.0922. The molecule has 1 saturated carbocycles. The summed E-state index contributed by atoms with van der Waals surface area (Å²) >= 11 is 0. The third-order valence-electron chi connectivity index (χ3n) is 14.0. The Bertz CT molecular complexity index is 2550. The number of anilines is 2. The highest BCUT2D eigenvalue weighted by Gasteiger charge is 2.61. The van der Waals surface area contributed by atoms with E-state index in [1.807, 2.05) is 29.3 Å². The zero-order valence-corrected chi connectivity index (χ0v) is 37.5. The Hall–Kier alpha value is -6.19. The number of imide groups is 2. The fourth-order valence-corrected chi connectivity index (χ4v) is 10.3. The second kappa shape index (κ2) is 19.2. The summed E-state index contributed by atoms with van der Waals surface area (Å²) in [5.74, 6) is 2.09. The van der Waals surface area contributed by atoms with Gasteiger partial charge in [0.1, 0.15) is 35.1 Å². The maximum atomic E-state index is 15.4. The number of carbonyl (C=O) groups excluding carboxylic acids is 4. The lowest BCUT2D eigenvalue weighted by Gasteiger charge is -2.37. The molecular weight excluding hydrogens is 863 g/mol. The van der Waals surface area contributed by atoms with Crippen molar-refractivity contribution in [1.82, 2.24) is 20.0 Å². The van der Waals surface area contributed by atoms with Gasteiger partial charge in [-0.1, -0.05) is 30.0 Å². The molecule has 15 nitrogen and oxygen atoms in total. The molecule has 4 atom stereocenters. The van der Waals surface area contributed by atoms with E-state index in [0.717, 1.165) is 54.3 Å². The molecule has 3 aromatic rings. The molecule has 0 aromatic heterocycles. The van der Waals surface area contributed by atoms with Crippen LogP contribution in [-0.2, 0) is 20.9 Å². The number of amides is 4. The van der Waals surface area contributed by atoms with Gasteiger partial charge in [-0.3, -0.25) is 39.3 Å². The first-order chi connectivity index (χ1) is 32.3. The van der Waals surface area contributed by atoms with Crippen LogP contribution < -0.4 is 26.4 Å². The number of carbonyl (C=O) groups is 4. The molecule has 4 amide bonds. The van der Waals surface area contributed by atoms with E-state index >= 15 is 8.78 Å². The molecule has 0 radical (unpaired) electrons. The van der Waals surface area contributed by atoms with E-state index in [1.54, 1.807) is 25.3 Å². The fraction of sp³-hybridized carbons (Fsp3) is 0.460. The van der Waals surface area contributed by atoms with Gasteiger partial charge in [-0.25, -0.2) is 8.78 Å². The van der Waals surface area contributed by atoms with Gasteiger partial charge < -0.3 is 35.8 Å². The molecule has 4 unspecified atom stereocenters. The lowest BCUT2D eigenvalue weighted by molar-refractivity contribution is -0.141. The Balaban J connectivity index is 0.732. The lowest BCUT2D eigenvalue weighted by Crippen LogP contribution is -2.63. The third-order valence-corrected chi connectivity index (χ3v) is 14.0. The van der Waals surface area contributed by atoms with Gasteiger partial charge in [-0.2, -0.15) is 0 Å². The van der Waals surface area contributed by atoms with E-state index in [-0.39, 0.29) is 66.4 Å². The summed E-state index contributed by atoms with van der Waals surface area (Å²) in [5.41, 5.74) is 7.17. The monoisotopic (exact) mass is 918 g/mol. The Morgan fingerprint density at radius 2 is 1.76 bits per heavy atom. The molecule has 9 rings (SSSR count). The van der Waals surface area contributed by atoms with E-state index in [0.29, 0.717) is 63.2 Å². The summed E-state index contributed by atoms with van der Waals surface area (Å²) < 4.78 is 42.1. The van der Waals surface area contributed by atoms with Crippen molar-refractivity contribution in [2.75, 3.05) is 69.7 Å². The van der Waals surface area contributed by atoms with Crippen LogP contribution in [0.5, 0.6) is 5.75 Å². The topological polar surface area (TPSA) is 191 Å². The molecule has 6 aliphatic rings. The van der Waals surface area contributed by atoms with Gasteiger partial charge in [-0.15, -0.1) is 0 Å². The smallest absolute Gasteiger partial charge is 0.266 e. The normalized spacial score (nSPS) is 24.4. The highest BCUT2D eigenvalue weighted by atomic mass is 19.1. The summed E-state index contributed by atoms with van der Waals surface area (Å²) in [6, 6.07) is 13.0. The Labute approximate surface area is 388 Å². The third kappa shape index (κ3) is 9.40. The summed E-state index contributed by atoms with van der Waals surface area (Å²) in [6.45, 7) is 7.05. The molecule has 5 aliphatic heterocycles. The van der Waals surface area contributed by atoms with Crippen LogP contribution in [0.25, 0.3) is 11.1 Å². The van der Waals surface area contributed by atoms with Crippen LogP contribution in [0.15, 0.2) is 65.3 Å². The van der Waals surface area contributed by atoms with Crippen molar-refractivity contribution in [1.29, 1.82) is 0 Å². The van der Waals surface area contributed by atoms with Gasteiger partial charge in [0.25, 0.3) is 17.7 Å².